The van der Waals surface area contributed by atoms with Gasteiger partial charge in [0.05, 0.1) is 10.7 Å². The van der Waals surface area contributed by atoms with Crippen LogP contribution in [-0.2, 0) is 0 Å². The number of nitrogens with zero attached hydrogens (tertiary/aromatic N) is 4. The smallest absolute Gasteiger partial charge is 0.251 e. The molecule has 102 valence electrons. The fourth-order valence-corrected chi connectivity index (χ4v) is 2.34. The summed E-state index contributed by atoms with van der Waals surface area (Å²) in [6, 6.07) is 9.73. The van der Waals surface area contributed by atoms with Gasteiger partial charge < -0.3 is 4.52 Å². The van der Waals surface area contributed by atoms with Gasteiger partial charge in [0.15, 0.2) is 0 Å². The van der Waals surface area contributed by atoms with Crippen LogP contribution in [0.1, 0.15) is 25.3 Å². The van der Waals surface area contributed by atoms with E-state index in [2.05, 4.69) is 38.1 Å². The monoisotopic (exact) mass is 332 g/mol. The van der Waals surface area contributed by atoms with Crippen LogP contribution in [0.3, 0.4) is 0 Å². The molecule has 2 aromatic heterocycles. The molecule has 0 aliphatic rings. The summed E-state index contributed by atoms with van der Waals surface area (Å²) in [4.78, 5) is 4.48. The van der Waals surface area contributed by atoms with E-state index >= 15 is 0 Å². The van der Waals surface area contributed by atoms with Gasteiger partial charge >= 0.3 is 0 Å². The molecule has 2 heterocycles. The quantitative estimate of drug-likeness (QED) is 0.731. The average molecular weight is 333 g/mol. The molecule has 1 aromatic carbocycles. The van der Waals surface area contributed by atoms with E-state index in [1.54, 1.807) is 6.20 Å². The second-order valence-electron chi connectivity index (χ2n) is 4.38. The topological polar surface area (TPSA) is 56.7 Å². The SMILES string of the molecule is CCC(c1nc(-c2ccccc2)no1)n1cc(Br)cn1. The minimum Gasteiger partial charge on any atom is -0.337 e. The fourth-order valence-electron chi connectivity index (χ4n) is 2.04. The average Bonchev–Trinajstić information content (AvgIpc) is 3.11. The van der Waals surface area contributed by atoms with E-state index in [1.807, 2.05) is 41.2 Å². The highest BCUT2D eigenvalue weighted by Gasteiger charge is 2.20. The number of hydrogen-bond acceptors (Lipinski definition) is 4. The van der Waals surface area contributed by atoms with Crippen molar-refractivity contribution in [3.8, 4) is 11.4 Å². The lowest BCUT2D eigenvalue weighted by atomic mass is 10.2. The van der Waals surface area contributed by atoms with Crippen LogP contribution < -0.4 is 0 Å². The molecule has 0 bridgehead atoms. The number of halogens is 1. The molecule has 0 saturated heterocycles. The van der Waals surface area contributed by atoms with E-state index in [0.29, 0.717) is 11.7 Å². The number of aromatic nitrogens is 4. The molecule has 0 spiro atoms. The third-order valence-corrected chi connectivity index (χ3v) is 3.44. The standard InChI is InChI=1S/C14H13BrN4O/c1-2-12(19-9-11(15)8-16-19)14-17-13(18-20-14)10-6-4-3-5-7-10/h3-9,12H,2H2,1H3. The normalized spacial score (nSPS) is 12.5. The third-order valence-electron chi connectivity index (χ3n) is 3.03. The molecule has 0 saturated carbocycles. The molecule has 0 N–H and O–H groups in total. The van der Waals surface area contributed by atoms with Crippen molar-refractivity contribution >= 4 is 15.9 Å². The van der Waals surface area contributed by atoms with Crippen molar-refractivity contribution < 1.29 is 4.52 Å². The first kappa shape index (κ1) is 13.1. The van der Waals surface area contributed by atoms with Gasteiger partial charge in [0.1, 0.15) is 6.04 Å². The molecule has 5 nitrogen and oxygen atoms in total. The van der Waals surface area contributed by atoms with Crippen molar-refractivity contribution in [1.82, 2.24) is 19.9 Å². The second kappa shape index (κ2) is 5.58. The molecule has 1 atom stereocenters. The lowest BCUT2D eigenvalue weighted by molar-refractivity contribution is 0.321. The molecule has 0 radical (unpaired) electrons. The molecular weight excluding hydrogens is 320 g/mol. The van der Waals surface area contributed by atoms with Gasteiger partial charge in [-0.15, -0.1) is 0 Å². The van der Waals surface area contributed by atoms with E-state index in [-0.39, 0.29) is 6.04 Å². The highest BCUT2D eigenvalue weighted by molar-refractivity contribution is 9.10. The van der Waals surface area contributed by atoms with E-state index in [1.165, 1.54) is 0 Å². The Kier molecular flexibility index (Phi) is 3.64. The van der Waals surface area contributed by atoms with Crippen LogP contribution in [0.15, 0.2) is 51.7 Å². The predicted molar refractivity (Wildman–Crippen MR) is 78.1 cm³/mol. The van der Waals surface area contributed by atoms with Gasteiger partial charge in [-0.05, 0) is 22.4 Å². The van der Waals surface area contributed by atoms with Gasteiger partial charge in [0.2, 0.25) is 5.82 Å². The van der Waals surface area contributed by atoms with Crippen LogP contribution in [0.2, 0.25) is 0 Å². The fraction of sp³-hybridized carbons (Fsp3) is 0.214. The molecule has 0 fully saturated rings. The first-order valence-electron chi connectivity index (χ1n) is 6.36. The maximum atomic E-state index is 5.40. The van der Waals surface area contributed by atoms with Crippen LogP contribution in [0.4, 0.5) is 0 Å². The molecule has 1 unspecified atom stereocenters. The predicted octanol–water partition coefficient (Wildman–Crippen LogP) is 3.70. The summed E-state index contributed by atoms with van der Waals surface area (Å²) in [5.41, 5.74) is 0.944. The first-order chi connectivity index (χ1) is 9.78. The molecule has 6 heteroatoms. The summed E-state index contributed by atoms with van der Waals surface area (Å²) < 4.78 is 8.15. The summed E-state index contributed by atoms with van der Waals surface area (Å²) in [7, 11) is 0. The van der Waals surface area contributed by atoms with Gasteiger partial charge in [-0.2, -0.15) is 10.1 Å². The second-order valence-corrected chi connectivity index (χ2v) is 5.30. The maximum absolute atomic E-state index is 5.40. The van der Waals surface area contributed by atoms with Gasteiger partial charge in [0.25, 0.3) is 5.89 Å². The highest BCUT2D eigenvalue weighted by atomic mass is 79.9. The Morgan fingerprint density at radius 1 is 1.30 bits per heavy atom. The van der Waals surface area contributed by atoms with Crippen LogP contribution >= 0.6 is 15.9 Å². The Morgan fingerprint density at radius 3 is 2.75 bits per heavy atom. The van der Waals surface area contributed by atoms with Gasteiger partial charge in [0, 0.05) is 11.8 Å². The van der Waals surface area contributed by atoms with Crippen molar-refractivity contribution in [2.24, 2.45) is 0 Å². The van der Waals surface area contributed by atoms with Crippen LogP contribution in [0.5, 0.6) is 0 Å². The molecule has 0 aliphatic carbocycles. The van der Waals surface area contributed by atoms with Crippen LogP contribution in [0.25, 0.3) is 11.4 Å². The largest absolute Gasteiger partial charge is 0.337 e. The zero-order valence-corrected chi connectivity index (χ0v) is 12.5. The highest BCUT2D eigenvalue weighted by Crippen LogP contribution is 2.24. The molecule has 3 rings (SSSR count). The van der Waals surface area contributed by atoms with E-state index < -0.39 is 0 Å². The molecule has 3 aromatic rings. The molecule has 0 aliphatic heterocycles. The van der Waals surface area contributed by atoms with Crippen LogP contribution in [-0.4, -0.2) is 19.9 Å². The Hall–Kier alpha value is -1.95. The van der Waals surface area contributed by atoms with Crippen molar-refractivity contribution in [1.29, 1.82) is 0 Å². The minimum atomic E-state index is -0.0498. The van der Waals surface area contributed by atoms with Gasteiger partial charge in [-0.25, -0.2) is 0 Å². The van der Waals surface area contributed by atoms with Gasteiger partial charge in [-0.1, -0.05) is 42.4 Å². The first-order valence-corrected chi connectivity index (χ1v) is 7.16. The number of rotatable bonds is 4. The lowest BCUT2D eigenvalue weighted by Crippen LogP contribution is -2.10. The molecular formula is C14H13BrN4O. The van der Waals surface area contributed by atoms with Crippen LogP contribution in [0, 0.1) is 0 Å². The summed E-state index contributed by atoms with van der Waals surface area (Å²) in [6.45, 7) is 2.06. The van der Waals surface area contributed by atoms with Crippen molar-refractivity contribution in [3.63, 3.8) is 0 Å². The maximum Gasteiger partial charge on any atom is 0.251 e. The summed E-state index contributed by atoms with van der Waals surface area (Å²) >= 11 is 3.39. The van der Waals surface area contributed by atoms with Crippen molar-refractivity contribution in [2.45, 2.75) is 19.4 Å². The van der Waals surface area contributed by atoms with E-state index in [0.717, 1.165) is 16.5 Å². The lowest BCUT2D eigenvalue weighted by Gasteiger charge is -2.09. The minimum absolute atomic E-state index is 0.0498. The Morgan fingerprint density at radius 2 is 2.10 bits per heavy atom. The summed E-state index contributed by atoms with van der Waals surface area (Å²) in [5, 5.41) is 8.34. The van der Waals surface area contributed by atoms with E-state index in [9.17, 15) is 0 Å². The van der Waals surface area contributed by atoms with Crippen molar-refractivity contribution in [3.05, 3.63) is 53.1 Å². The van der Waals surface area contributed by atoms with Crippen molar-refractivity contribution in [2.75, 3.05) is 0 Å². The number of benzene rings is 1. The zero-order chi connectivity index (χ0) is 13.9. The number of hydrogen-bond donors (Lipinski definition) is 0. The summed E-state index contributed by atoms with van der Waals surface area (Å²) in [5.74, 6) is 1.17. The third kappa shape index (κ3) is 2.51. The summed E-state index contributed by atoms with van der Waals surface area (Å²) in [6.07, 6.45) is 4.47. The zero-order valence-electron chi connectivity index (χ0n) is 10.9. The Labute approximate surface area is 124 Å². The molecule has 0 amide bonds. The molecule has 20 heavy (non-hydrogen) atoms. The van der Waals surface area contributed by atoms with E-state index in [4.69, 9.17) is 4.52 Å². The Bertz CT molecular complexity index is 692. The Balaban J connectivity index is 1.92. The van der Waals surface area contributed by atoms with Gasteiger partial charge in [-0.3, -0.25) is 4.68 Å².